The van der Waals surface area contributed by atoms with Crippen molar-refractivity contribution in [1.82, 2.24) is 4.72 Å². The van der Waals surface area contributed by atoms with E-state index in [2.05, 4.69) is 4.72 Å². The van der Waals surface area contributed by atoms with Gasteiger partial charge in [0.05, 0.1) is 22.6 Å². The topological polar surface area (TPSA) is 90.2 Å². The molecule has 5 nitrogen and oxygen atoms in total. The van der Waals surface area contributed by atoms with Crippen molar-refractivity contribution in [1.29, 1.82) is 5.26 Å². The molecule has 0 aromatic heterocycles. The van der Waals surface area contributed by atoms with Crippen LogP contribution in [0.1, 0.15) is 24.0 Å². The van der Waals surface area contributed by atoms with E-state index < -0.39 is 10.0 Å². The Labute approximate surface area is 112 Å². The highest BCUT2D eigenvalue weighted by Gasteiger charge is 2.28. The van der Waals surface area contributed by atoms with E-state index in [4.69, 9.17) is 10.4 Å². The van der Waals surface area contributed by atoms with E-state index in [9.17, 15) is 8.42 Å². The second-order valence-electron chi connectivity index (χ2n) is 4.94. The number of nitrogens with one attached hydrogen (secondary N) is 1. The summed E-state index contributed by atoms with van der Waals surface area (Å²) in [7, 11) is -3.60. The average Bonchev–Trinajstić information content (AvgIpc) is 2.33. The van der Waals surface area contributed by atoms with Crippen LogP contribution in [0.25, 0.3) is 0 Å². The predicted molar refractivity (Wildman–Crippen MR) is 69.8 cm³/mol. The van der Waals surface area contributed by atoms with Crippen molar-refractivity contribution in [3.05, 3.63) is 29.3 Å². The zero-order valence-corrected chi connectivity index (χ0v) is 11.4. The van der Waals surface area contributed by atoms with Crippen LogP contribution in [0.3, 0.4) is 0 Å². The van der Waals surface area contributed by atoms with Gasteiger partial charge in [-0.1, -0.05) is 6.07 Å². The fraction of sp³-hybridized carbons (Fsp3) is 0.462. The van der Waals surface area contributed by atoms with Gasteiger partial charge in [-0.25, -0.2) is 13.1 Å². The van der Waals surface area contributed by atoms with Crippen LogP contribution in [0.2, 0.25) is 0 Å². The smallest absolute Gasteiger partial charge is 0.240 e. The standard InChI is InChI=1S/C13H16N2O3S/c1-9-2-3-10(7-14)6-13(9)19(17,18)15-8-11-4-12(16)5-11/h2-3,6,11-12,15-16H,4-5,8H2,1H3. The summed E-state index contributed by atoms with van der Waals surface area (Å²) in [5.74, 6) is 0.198. The van der Waals surface area contributed by atoms with Crippen LogP contribution >= 0.6 is 0 Å². The predicted octanol–water partition coefficient (Wildman–Crippen LogP) is 0.916. The highest BCUT2D eigenvalue weighted by atomic mass is 32.2. The largest absolute Gasteiger partial charge is 0.393 e. The van der Waals surface area contributed by atoms with Crippen LogP contribution in [0.5, 0.6) is 0 Å². The highest BCUT2D eigenvalue weighted by molar-refractivity contribution is 7.89. The molecule has 1 fully saturated rings. The van der Waals surface area contributed by atoms with Gasteiger partial charge < -0.3 is 5.11 Å². The van der Waals surface area contributed by atoms with E-state index in [1.807, 2.05) is 6.07 Å². The maximum atomic E-state index is 12.2. The lowest BCUT2D eigenvalue weighted by atomic mass is 9.83. The van der Waals surface area contributed by atoms with Gasteiger partial charge in [-0.3, -0.25) is 0 Å². The first kappa shape index (κ1) is 14.0. The van der Waals surface area contributed by atoms with Crippen molar-refractivity contribution in [2.75, 3.05) is 6.54 Å². The minimum Gasteiger partial charge on any atom is -0.393 e. The lowest BCUT2D eigenvalue weighted by Gasteiger charge is -2.31. The molecule has 102 valence electrons. The number of benzene rings is 1. The summed E-state index contributed by atoms with van der Waals surface area (Å²) in [4.78, 5) is 0.145. The summed E-state index contributed by atoms with van der Waals surface area (Å²) in [5.41, 5.74) is 0.935. The molecule has 0 bridgehead atoms. The normalized spacial score (nSPS) is 22.6. The maximum absolute atomic E-state index is 12.2. The molecule has 1 saturated carbocycles. The van der Waals surface area contributed by atoms with E-state index in [0.717, 1.165) is 0 Å². The van der Waals surface area contributed by atoms with Crippen molar-refractivity contribution in [2.45, 2.75) is 30.8 Å². The molecule has 1 aliphatic carbocycles. The number of aryl methyl sites for hydroxylation is 1. The van der Waals surface area contributed by atoms with E-state index in [1.54, 1.807) is 19.1 Å². The zero-order chi connectivity index (χ0) is 14.0. The van der Waals surface area contributed by atoms with E-state index in [0.29, 0.717) is 30.5 Å². The summed E-state index contributed by atoms with van der Waals surface area (Å²) in [5, 5.41) is 18.0. The fourth-order valence-electron chi connectivity index (χ4n) is 2.13. The first-order valence-corrected chi connectivity index (χ1v) is 7.59. The molecule has 0 radical (unpaired) electrons. The molecule has 2 N–H and O–H groups in total. The molecule has 0 saturated heterocycles. The molecule has 1 aliphatic rings. The zero-order valence-electron chi connectivity index (χ0n) is 10.6. The van der Waals surface area contributed by atoms with Gasteiger partial charge in [-0.2, -0.15) is 5.26 Å². The molecule has 1 aromatic rings. The maximum Gasteiger partial charge on any atom is 0.240 e. The Morgan fingerprint density at radius 3 is 2.74 bits per heavy atom. The number of aliphatic hydroxyl groups excluding tert-OH is 1. The number of nitriles is 1. The van der Waals surface area contributed by atoms with Crippen LogP contribution in [-0.2, 0) is 10.0 Å². The average molecular weight is 280 g/mol. The molecule has 0 unspecified atom stereocenters. The van der Waals surface area contributed by atoms with Gasteiger partial charge in [0.1, 0.15) is 0 Å². The Morgan fingerprint density at radius 1 is 1.47 bits per heavy atom. The molecule has 0 heterocycles. The summed E-state index contributed by atoms with van der Waals surface area (Å²) >= 11 is 0. The van der Waals surface area contributed by atoms with Gasteiger partial charge in [0, 0.05) is 6.54 Å². The summed E-state index contributed by atoms with van der Waals surface area (Å²) in [6, 6.07) is 6.54. The molecular weight excluding hydrogens is 264 g/mol. The van der Waals surface area contributed by atoms with Crippen molar-refractivity contribution < 1.29 is 13.5 Å². The third kappa shape index (κ3) is 3.13. The van der Waals surface area contributed by atoms with Crippen molar-refractivity contribution in [3.63, 3.8) is 0 Å². The van der Waals surface area contributed by atoms with Crippen LogP contribution in [-0.4, -0.2) is 26.2 Å². The molecule has 0 atom stereocenters. The fourth-order valence-corrected chi connectivity index (χ4v) is 3.52. The Bertz CT molecular complexity index is 613. The Morgan fingerprint density at radius 2 is 2.16 bits per heavy atom. The summed E-state index contributed by atoms with van der Waals surface area (Å²) < 4.78 is 26.9. The Balaban J connectivity index is 2.13. The highest BCUT2D eigenvalue weighted by Crippen LogP contribution is 2.27. The third-order valence-electron chi connectivity index (χ3n) is 3.38. The summed E-state index contributed by atoms with van der Waals surface area (Å²) in [6.07, 6.45) is 0.984. The van der Waals surface area contributed by atoms with E-state index in [1.165, 1.54) is 6.07 Å². The van der Waals surface area contributed by atoms with Crippen LogP contribution < -0.4 is 4.72 Å². The molecule has 1 aromatic carbocycles. The quantitative estimate of drug-likeness (QED) is 0.858. The van der Waals surface area contributed by atoms with Gasteiger partial charge in [0.25, 0.3) is 0 Å². The minimum atomic E-state index is -3.60. The summed E-state index contributed by atoms with van der Waals surface area (Å²) in [6.45, 7) is 2.03. The van der Waals surface area contributed by atoms with Gasteiger partial charge in [-0.05, 0) is 43.4 Å². The van der Waals surface area contributed by atoms with E-state index in [-0.39, 0.29) is 16.9 Å². The van der Waals surface area contributed by atoms with E-state index >= 15 is 0 Å². The van der Waals surface area contributed by atoms with Gasteiger partial charge >= 0.3 is 0 Å². The third-order valence-corrected chi connectivity index (χ3v) is 4.95. The van der Waals surface area contributed by atoms with Crippen LogP contribution in [0, 0.1) is 24.2 Å². The van der Waals surface area contributed by atoms with Crippen molar-refractivity contribution in [2.24, 2.45) is 5.92 Å². The molecule has 0 spiro atoms. The molecule has 6 heteroatoms. The van der Waals surface area contributed by atoms with Crippen LogP contribution in [0.4, 0.5) is 0 Å². The molecule has 0 amide bonds. The molecule has 0 aliphatic heterocycles. The Kier molecular flexibility index (Phi) is 3.90. The van der Waals surface area contributed by atoms with Gasteiger partial charge in [-0.15, -0.1) is 0 Å². The second-order valence-corrected chi connectivity index (χ2v) is 6.67. The van der Waals surface area contributed by atoms with Gasteiger partial charge in [0.2, 0.25) is 10.0 Å². The van der Waals surface area contributed by atoms with Gasteiger partial charge in [0.15, 0.2) is 0 Å². The van der Waals surface area contributed by atoms with Crippen molar-refractivity contribution >= 4 is 10.0 Å². The number of hydrogen-bond donors (Lipinski definition) is 2. The number of aliphatic hydroxyl groups is 1. The second kappa shape index (κ2) is 5.29. The number of rotatable bonds is 4. The lowest BCUT2D eigenvalue weighted by Crippen LogP contribution is -2.38. The monoisotopic (exact) mass is 280 g/mol. The SMILES string of the molecule is Cc1ccc(C#N)cc1S(=O)(=O)NCC1CC(O)C1. The van der Waals surface area contributed by atoms with Crippen molar-refractivity contribution in [3.8, 4) is 6.07 Å². The Hall–Kier alpha value is -1.42. The lowest BCUT2D eigenvalue weighted by molar-refractivity contribution is 0.0453. The number of nitrogens with zero attached hydrogens (tertiary/aromatic N) is 1. The molecular formula is C13H16N2O3S. The van der Waals surface area contributed by atoms with Crippen LogP contribution in [0.15, 0.2) is 23.1 Å². The molecule has 2 rings (SSSR count). The first-order valence-electron chi connectivity index (χ1n) is 6.11. The number of hydrogen-bond acceptors (Lipinski definition) is 4. The first-order chi connectivity index (χ1) is 8.92. The number of sulfonamides is 1. The molecule has 19 heavy (non-hydrogen) atoms. The minimum absolute atomic E-state index is 0.145.